The smallest absolute Gasteiger partial charge is 0.237 e. The van der Waals surface area contributed by atoms with E-state index >= 15 is 0 Å². The third-order valence-corrected chi connectivity index (χ3v) is 9.32. The number of nitrogens with two attached hydrogens (primary N) is 3. The lowest BCUT2D eigenvalue weighted by molar-refractivity contribution is -0.128. The highest BCUT2D eigenvalue weighted by molar-refractivity contribution is 5.82. The molecule has 11 nitrogen and oxygen atoms in total. The van der Waals surface area contributed by atoms with E-state index in [4.69, 9.17) is 22.6 Å². The van der Waals surface area contributed by atoms with Crippen molar-refractivity contribution in [3.8, 4) is 0 Å². The molecule has 0 aromatic heterocycles. The number of amides is 2. The van der Waals surface area contributed by atoms with E-state index in [0.717, 1.165) is 38.5 Å². The number of nitrogens with zero attached hydrogens (tertiary/aromatic N) is 2. The number of aliphatic hydroxyl groups excluding tert-OH is 1. The van der Waals surface area contributed by atoms with Crippen LogP contribution in [0.4, 0.5) is 0 Å². The number of aliphatic hydroxyl groups is 1. The molecule has 8 unspecified atom stereocenters. The summed E-state index contributed by atoms with van der Waals surface area (Å²) in [7, 11) is 1.86. The molecule has 1 rings (SSSR count). The van der Waals surface area contributed by atoms with Crippen LogP contribution in [0.1, 0.15) is 99.3 Å². The van der Waals surface area contributed by atoms with E-state index < -0.39 is 18.2 Å². The zero-order valence-electron chi connectivity index (χ0n) is 28.1. The quantitative estimate of drug-likeness (QED) is 0.0424. The highest BCUT2D eigenvalue weighted by atomic mass is 16.3. The summed E-state index contributed by atoms with van der Waals surface area (Å²) < 4.78 is 0. The number of carbonyl (C=O) groups excluding carboxylic acids is 2. The van der Waals surface area contributed by atoms with Crippen molar-refractivity contribution in [2.75, 3.05) is 26.7 Å². The molecule has 0 aliphatic heterocycles. The largest absolute Gasteiger partial charge is 0.396 e. The number of nitrogens with one attached hydrogen (secondary N) is 3. The van der Waals surface area contributed by atoms with Crippen molar-refractivity contribution in [3.05, 3.63) is 0 Å². The van der Waals surface area contributed by atoms with E-state index in [1.807, 2.05) is 18.9 Å². The van der Waals surface area contributed by atoms with Gasteiger partial charge in [0.2, 0.25) is 11.8 Å². The second kappa shape index (κ2) is 19.9. The zero-order chi connectivity index (χ0) is 32.7. The number of rotatable bonds is 22. The van der Waals surface area contributed by atoms with Gasteiger partial charge >= 0.3 is 0 Å². The van der Waals surface area contributed by atoms with E-state index in [1.165, 1.54) is 0 Å². The van der Waals surface area contributed by atoms with Crippen molar-refractivity contribution < 1.29 is 14.7 Å². The molecule has 11 heteroatoms. The Balaban J connectivity index is 2.89. The summed E-state index contributed by atoms with van der Waals surface area (Å²) in [6.07, 6.45) is 6.49. The average molecular weight is 609 g/mol. The Morgan fingerprint density at radius 3 is 2.30 bits per heavy atom. The van der Waals surface area contributed by atoms with Gasteiger partial charge in [-0.3, -0.25) is 19.5 Å². The molecule has 0 saturated heterocycles. The van der Waals surface area contributed by atoms with Crippen molar-refractivity contribution in [2.24, 2.45) is 57.7 Å². The molecule has 0 spiro atoms. The molecule has 0 aromatic carbocycles. The lowest BCUT2D eigenvalue weighted by Crippen LogP contribution is -2.61. The molecule has 0 heterocycles. The fourth-order valence-electron chi connectivity index (χ4n) is 6.27. The van der Waals surface area contributed by atoms with Crippen LogP contribution in [0.15, 0.2) is 4.99 Å². The van der Waals surface area contributed by atoms with Crippen molar-refractivity contribution in [1.82, 2.24) is 15.5 Å². The van der Waals surface area contributed by atoms with Crippen molar-refractivity contribution in [1.29, 1.82) is 5.41 Å². The maximum atomic E-state index is 13.5. The number of aliphatic imine (C=N–C) groups is 1. The van der Waals surface area contributed by atoms with Crippen LogP contribution in [0.2, 0.25) is 0 Å². The third-order valence-electron chi connectivity index (χ3n) is 9.32. The van der Waals surface area contributed by atoms with Gasteiger partial charge in [0, 0.05) is 31.3 Å². The first-order valence-electron chi connectivity index (χ1n) is 16.4. The van der Waals surface area contributed by atoms with E-state index in [2.05, 4.69) is 43.3 Å². The minimum Gasteiger partial charge on any atom is -0.396 e. The summed E-state index contributed by atoms with van der Waals surface area (Å²) in [5, 5.41) is 23.6. The molecule has 8 atom stereocenters. The van der Waals surface area contributed by atoms with Crippen LogP contribution in [-0.2, 0) is 9.59 Å². The molecular formula is C32H64N8O3. The van der Waals surface area contributed by atoms with Crippen LogP contribution in [0.3, 0.4) is 0 Å². The summed E-state index contributed by atoms with van der Waals surface area (Å²) in [5.74, 6) is 1.84. The summed E-state index contributed by atoms with van der Waals surface area (Å²) in [5.41, 5.74) is 18.5. The zero-order valence-corrected chi connectivity index (χ0v) is 28.1. The Morgan fingerprint density at radius 1 is 1.07 bits per heavy atom. The minimum atomic E-state index is -0.592. The van der Waals surface area contributed by atoms with Crippen molar-refractivity contribution in [2.45, 2.75) is 118 Å². The summed E-state index contributed by atoms with van der Waals surface area (Å²) in [4.78, 5) is 32.7. The van der Waals surface area contributed by atoms with Crippen LogP contribution in [0.5, 0.6) is 0 Å². The van der Waals surface area contributed by atoms with E-state index in [0.29, 0.717) is 61.7 Å². The van der Waals surface area contributed by atoms with Crippen LogP contribution in [0.25, 0.3) is 0 Å². The maximum Gasteiger partial charge on any atom is 0.237 e. The lowest BCUT2D eigenvalue weighted by atomic mass is 9.61. The van der Waals surface area contributed by atoms with Gasteiger partial charge in [0.15, 0.2) is 5.96 Å². The molecule has 1 fully saturated rings. The monoisotopic (exact) mass is 609 g/mol. The fourth-order valence-corrected chi connectivity index (χ4v) is 6.27. The molecule has 10 N–H and O–H groups in total. The molecule has 250 valence electrons. The molecule has 1 saturated carbocycles. The van der Waals surface area contributed by atoms with Crippen LogP contribution in [-0.4, -0.2) is 78.5 Å². The molecule has 43 heavy (non-hydrogen) atoms. The average Bonchev–Trinajstić information content (AvgIpc) is 2.92. The van der Waals surface area contributed by atoms with Gasteiger partial charge in [0.1, 0.15) is 0 Å². The van der Waals surface area contributed by atoms with Gasteiger partial charge in [-0.05, 0) is 94.9 Å². The number of hydrogen-bond acceptors (Lipinski definition) is 7. The number of likely N-dealkylation sites (N-methyl/N-ethyl adjacent to an activating group) is 1. The molecular weight excluding hydrogens is 544 g/mol. The highest BCUT2D eigenvalue weighted by Crippen LogP contribution is 2.45. The van der Waals surface area contributed by atoms with Crippen LogP contribution in [0, 0.1) is 40.9 Å². The molecule has 2 amide bonds. The Kier molecular flexibility index (Phi) is 18.0. The molecule has 0 aromatic rings. The summed E-state index contributed by atoms with van der Waals surface area (Å²) in [6.45, 7) is 13.5. The maximum absolute atomic E-state index is 13.5. The van der Waals surface area contributed by atoms with Crippen LogP contribution >= 0.6 is 0 Å². The topological polar surface area (TPSA) is 196 Å². The van der Waals surface area contributed by atoms with E-state index in [1.54, 1.807) is 6.92 Å². The van der Waals surface area contributed by atoms with Gasteiger partial charge in [0.25, 0.3) is 0 Å². The van der Waals surface area contributed by atoms with Gasteiger partial charge < -0.3 is 38.4 Å². The van der Waals surface area contributed by atoms with Crippen molar-refractivity contribution in [3.63, 3.8) is 0 Å². The highest BCUT2D eigenvalue weighted by Gasteiger charge is 2.40. The standard InChI is InChI=1S/C32H64N8O3/c1-20(2)17-28(31(43)37-16-14-21(3)25-18-23(5)26(25)19-41)40(7)29(34)27(13-10-15-38-32(35)36)39-30(42)22(4)11-8-9-12-24(6)33/h20-23,25-29,33,41H,8-19,34H2,1-7H3,(H,37,43)(H,39,42)(H4,35,36,38). The Hall–Kier alpha value is -2.24. The molecule has 1 aliphatic carbocycles. The second-order valence-electron chi connectivity index (χ2n) is 13.6. The SMILES string of the molecule is CC(=N)CCCCC(C)C(=O)NC(CCCN=C(N)N)C(N)N(C)C(CC(C)C)C(=O)NCCC(C)C1CC(C)C1CO. The third kappa shape index (κ3) is 13.9. The fraction of sp³-hybridized carbons (Fsp3) is 0.875. The van der Waals surface area contributed by atoms with Gasteiger partial charge in [-0.2, -0.15) is 0 Å². The first-order chi connectivity index (χ1) is 20.2. The van der Waals surface area contributed by atoms with E-state index in [9.17, 15) is 14.7 Å². The lowest BCUT2D eigenvalue weighted by Gasteiger charge is -2.45. The predicted molar refractivity (Wildman–Crippen MR) is 176 cm³/mol. The molecule has 0 radical (unpaired) electrons. The Labute approximate surface area is 261 Å². The second-order valence-corrected chi connectivity index (χ2v) is 13.6. The summed E-state index contributed by atoms with van der Waals surface area (Å²) in [6, 6.07) is -0.838. The Bertz CT molecular complexity index is 879. The van der Waals surface area contributed by atoms with E-state index in [-0.39, 0.29) is 36.2 Å². The number of guanidine groups is 1. The van der Waals surface area contributed by atoms with Gasteiger partial charge in [-0.15, -0.1) is 0 Å². The number of hydrogen-bond donors (Lipinski definition) is 7. The first kappa shape index (κ1) is 38.8. The molecule has 0 bridgehead atoms. The van der Waals surface area contributed by atoms with Gasteiger partial charge in [0.05, 0.1) is 18.2 Å². The van der Waals surface area contributed by atoms with Crippen LogP contribution < -0.4 is 27.8 Å². The van der Waals surface area contributed by atoms with Gasteiger partial charge in [-0.25, -0.2) is 0 Å². The van der Waals surface area contributed by atoms with Gasteiger partial charge in [-0.1, -0.05) is 41.0 Å². The minimum absolute atomic E-state index is 0.0254. The Morgan fingerprint density at radius 2 is 1.74 bits per heavy atom. The number of unbranched alkanes of at least 4 members (excludes halogenated alkanes) is 1. The summed E-state index contributed by atoms with van der Waals surface area (Å²) >= 11 is 0. The predicted octanol–water partition coefficient (Wildman–Crippen LogP) is 2.80. The normalized spacial score (nSPS) is 21.8. The molecule has 1 aliphatic rings. The number of carbonyl (C=O) groups is 2. The van der Waals surface area contributed by atoms with Crippen molar-refractivity contribution >= 4 is 23.5 Å². The first-order valence-corrected chi connectivity index (χ1v) is 16.4.